The van der Waals surface area contributed by atoms with Gasteiger partial charge in [-0.05, 0) is 20.9 Å². The van der Waals surface area contributed by atoms with E-state index in [2.05, 4.69) is 4.74 Å². The molecule has 0 atom stereocenters. The van der Waals surface area contributed by atoms with E-state index in [0.717, 1.165) is 4.90 Å². The second-order valence-corrected chi connectivity index (χ2v) is 4.16. The summed E-state index contributed by atoms with van der Waals surface area (Å²) in [6.07, 6.45) is -4.25. The average molecular weight is 227 g/mol. The smallest absolute Gasteiger partial charge is 0.401 e. The van der Waals surface area contributed by atoms with Gasteiger partial charge in [-0.25, -0.2) is 0 Å². The normalized spacial score (nSPS) is 13.1. The molecule has 0 aromatic heterocycles. The third-order valence-electron chi connectivity index (χ3n) is 1.85. The van der Waals surface area contributed by atoms with Crippen molar-refractivity contribution in [2.75, 3.05) is 27.2 Å². The first kappa shape index (κ1) is 14.2. The summed E-state index contributed by atoms with van der Waals surface area (Å²) >= 11 is 0. The maximum atomic E-state index is 12.0. The van der Waals surface area contributed by atoms with Gasteiger partial charge in [0, 0.05) is 6.54 Å². The standard InChI is InChI=1S/C9H16F3NO2/c1-8(2,7(14)15-4)5-13(3)6-9(10,11)12/h5-6H2,1-4H3. The van der Waals surface area contributed by atoms with Gasteiger partial charge in [0.15, 0.2) is 0 Å². The van der Waals surface area contributed by atoms with Gasteiger partial charge in [0.2, 0.25) is 0 Å². The maximum absolute atomic E-state index is 12.0. The first-order valence-corrected chi connectivity index (χ1v) is 4.42. The quantitative estimate of drug-likeness (QED) is 0.684. The maximum Gasteiger partial charge on any atom is 0.401 e. The number of hydrogen-bond acceptors (Lipinski definition) is 3. The molecule has 0 amide bonds. The van der Waals surface area contributed by atoms with Crippen LogP contribution < -0.4 is 0 Å². The lowest BCUT2D eigenvalue weighted by atomic mass is 9.93. The zero-order valence-electron chi connectivity index (χ0n) is 9.31. The van der Waals surface area contributed by atoms with Crippen LogP contribution in [0.3, 0.4) is 0 Å². The highest BCUT2D eigenvalue weighted by molar-refractivity contribution is 5.76. The number of esters is 1. The fourth-order valence-electron chi connectivity index (χ4n) is 1.38. The summed E-state index contributed by atoms with van der Waals surface area (Å²) in [4.78, 5) is 12.3. The van der Waals surface area contributed by atoms with E-state index >= 15 is 0 Å². The van der Waals surface area contributed by atoms with Crippen LogP contribution in [0.2, 0.25) is 0 Å². The van der Waals surface area contributed by atoms with Gasteiger partial charge in [-0.3, -0.25) is 9.69 Å². The minimum absolute atomic E-state index is 0.000810. The molecule has 0 rings (SSSR count). The Balaban J connectivity index is 4.28. The Labute approximate surface area is 87.2 Å². The number of alkyl halides is 3. The van der Waals surface area contributed by atoms with Crippen LogP contribution in [0.25, 0.3) is 0 Å². The molecule has 0 aliphatic carbocycles. The zero-order valence-corrected chi connectivity index (χ0v) is 9.31. The summed E-state index contributed by atoms with van der Waals surface area (Å²) in [5.41, 5.74) is -0.936. The zero-order chi connectivity index (χ0) is 12.3. The van der Waals surface area contributed by atoms with E-state index in [0.29, 0.717) is 0 Å². The number of carbonyl (C=O) groups is 1. The minimum atomic E-state index is -4.25. The van der Waals surface area contributed by atoms with Gasteiger partial charge in [0.05, 0.1) is 19.1 Å². The molecule has 15 heavy (non-hydrogen) atoms. The third kappa shape index (κ3) is 5.61. The average Bonchev–Trinajstić information content (AvgIpc) is 1.97. The molecule has 6 heteroatoms. The SMILES string of the molecule is COC(=O)C(C)(C)CN(C)CC(F)(F)F. The Hall–Kier alpha value is -0.780. The number of methoxy groups -OCH3 is 1. The Bertz CT molecular complexity index is 226. The van der Waals surface area contributed by atoms with Crippen LogP contribution in [0.5, 0.6) is 0 Å². The van der Waals surface area contributed by atoms with Crippen molar-refractivity contribution >= 4 is 5.97 Å². The van der Waals surface area contributed by atoms with Crippen molar-refractivity contribution in [3.63, 3.8) is 0 Å². The van der Waals surface area contributed by atoms with Gasteiger partial charge in [0.1, 0.15) is 0 Å². The summed E-state index contributed by atoms with van der Waals surface area (Å²) < 4.78 is 40.5. The van der Waals surface area contributed by atoms with Crippen molar-refractivity contribution in [3.05, 3.63) is 0 Å². The highest BCUT2D eigenvalue weighted by Gasteiger charge is 2.35. The molecule has 0 bridgehead atoms. The summed E-state index contributed by atoms with van der Waals surface area (Å²) in [6.45, 7) is 2.06. The number of halogens is 3. The van der Waals surface area contributed by atoms with E-state index in [4.69, 9.17) is 0 Å². The molecule has 0 aliphatic heterocycles. The van der Waals surface area contributed by atoms with Crippen LogP contribution in [0.1, 0.15) is 13.8 Å². The molecule has 0 spiro atoms. The first-order valence-electron chi connectivity index (χ1n) is 4.42. The number of hydrogen-bond donors (Lipinski definition) is 0. The first-order chi connectivity index (χ1) is 6.58. The van der Waals surface area contributed by atoms with Crippen LogP contribution in [0, 0.1) is 5.41 Å². The van der Waals surface area contributed by atoms with Crippen molar-refractivity contribution < 1.29 is 22.7 Å². The lowest BCUT2D eigenvalue weighted by molar-refractivity contribution is -0.158. The molecule has 3 nitrogen and oxygen atoms in total. The van der Waals surface area contributed by atoms with Crippen molar-refractivity contribution in [3.8, 4) is 0 Å². The Morgan fingerprint density at radius 3 is 2.07 bits per heavy atom. The Kier molecular flexibility index (Phi) is 4.58. The molecule has 0 aliphatic rings. The third-order valence-corrected chi connectivity index (χ3v) is 1.85. The van der Waals surface area contributed by atoms with Gasteiger partial charge in [-0.2, -0.15) is 13.2 Å². The lowest BCUT2D eigenvalue weighted by Gasteiger charge is -2.28. The molecule has 0 radical (unpaired) electrons. The Morgan fingerprint density at radius 1 is 1.27 bits per heavy atom. The molecule has 0 unspecified atom stereocenters. The summed E-state index contributed by atoms with van der Waals surface area (Å²) in [5.74, 6) is -0.517. The fourth-order valence-corrected chi connectivity index (χ4v) is 1.38. The number of ether oxygens (including phenoxy) is 1. The van der Waals surface area contributed by atoms with Gasteiger partial charge in [0.25, 0.3) is 0 Å². The van der Waals surface area contributed by atoms with Crippen LogP contribution in [-0.2, 0) is 9.53 Å². The second-order valence-electron chi connectivity index (χ2n) is 4.16. The summed E-state index contributed by atoms with van der Waals surface area (Å²) in [5, 5.41) is 0. The van der Waals surface area contributed by atoms with Gasteiger partial charge >= 0.3 is 12.1 Å². The number of carbonyl (C=O) groups excluding carboxylic acids is 1. The predicted molar refractivity (Wildman–Crippen MR) is 49.3 cm³/mol. The molecule has 0 heterocycles. The van der Waals surface area contributed by atoms with Crippen molar-refractivity contribution in [2.45, 2.75) is 20.0 Å². The van der Waals surface area contributed by atoms with Crippen molar-refractivity contribution in [1.82, 2.24) is 4.90 Å². The van der Waals surface area contributed by atoms with Crippen LogP contribution in [0.15, 0.2) is 0 Å². The van der Waals surface area contributed by atoms with Crippen LogP contribution >= 0.6 is 0 Å². The van der Waals surface area contributed by atoms with E-state index < -0.39 is 24.1 Å². The molecule has 0 N–H and O–H groups in total. The molecular formula is C9H16F3NO2. The van der Waals surface area contributed by atoms with E-state index in [1.807, 2.05) is 0 Å². The van der Waals surface area contributed by atoms with Crippen LogP contribution in [-0.4, -0.2) is 44.3 Å². The minimum Gasteiger partial charge on any atom is -0.469 e. The highest BCUT2D eigenvalue weighted by Crippen LogP contribution is 2.21. The van der Waals surface area contributed by atoms with Crippen molar-refractivity contribution in [1.29, 1.82) is 0 Å². The molecule has 90 valence electrons. The predicted octanol–water partition coefficient (Wildman–Crippen LogP) is 1.68. The van der Waals surface area contributed by atoms with Gasteiger partial charge < -0.3 is 4.74 Å². The fraction of sp³-hybridized carbons (Fsp3) is 0.889. The lowest BCUT2D eigenvalue weighted by Crippen LogP contribution is -2.41. The topological polar surface area (TPSA) is 29.5 Å². The molecule has 0 aromatic carbocycles. The molecular weight excluding hydrogens is 211 g/mol. The summed E-state index contributed by atoms with van der Waals surface area (Å²) in [7, 11) is 2.53. The highest BCUT2D eigenvalue weighted by atomic mass is 19.4. The van der Waals surface area contributed by atoms with Gasteiger partial charge in [-0.15, -0.1) is 0 Å². The molecule has 0 saturated carbocycles. The van der Waals surface area contributed by atoms with Crippen molar-refractivity contribution in [2.24, 2.45) is 5.41 Å². The van der Waals surface area contributed by atoms with E-state index in [-0.39, 0.29) is 6.54 Å². The van der Waals surface area contributed by atoms with Gasteiger partial charge in [-0.1, -0.05) is 0 Å². The number of nitrogens with zero attached hydrogens (tertiary/aromatic N) is 1. The van der Waals surface area contributed by atoms with E-state index in [9.17, 15) is 18.0 Å². The molecule has 0 aromatic rings. The molecule has 0 saturated heterocycles. The summed E-state index contributed by atoms with van der Waals surface area (Å²) in [6, 6.07) is 0. The second kappa shape index (κ2) is 4.83. The largest absolute Gasteiger partial charge is 0.469 e. The van der Waals surface area contributed by atoms with E-state index in [1.54, 1.807) is 13.8 Å². The molecule has 0 fully saturated rings. The number of rotatable bonds is 4. The van der Waals surface area contributed by atoms with E-state index in [1.165, 1.54) is 14.2 Å². The monoisotopic (exact) mass is 227 g/mol. The Morgan fingerprint density at radius 2 is 1.73 bits per heavy atom. The van der Waals surface area contributed by atoms with Crippen LogP contribution in [0.4, 0.5) is 13.2 Å².